The van der Waals surface area contributed by atoms with Gasteiger partial charge in [0.2, 0.25) is 0 Å². The van der Waals surface area contributed by atoms with Crippen LogP contribution in [0.1, 0.15) is 17.5 Å². The van der Waals surface area contributed by atoms with Crippen LogP contribution < -0.4 is 0 Å². The van der Waals surface area contributed by atoms with Crippen LogP contribution in [0.4, 0.5) is 4.39 Å². The Bertz CT molecular complexity index is 374. The second-order valence-electron chi connectivity index (χ2n) is 3.69. The Morgan fingerprint density at radius 2 is 2.21 bits per heavy atom. The van der Waals surface area contributed by atoms with E-state index in [4.69, 9.17) is 5.11 Å². The van der Waals surface area contributed by atoms with Crippen molar-refractivity contribution in [2.75, 3.05) is 0 Å². The third-order valence-corrected chi connectivity index (χ3v) is 2.75. The Balaban J connectivity index is 2.27. The van der Waals surface area contributed by atoms with Crippen LogP contribution in [0, 0.1) is 11.7 Å². The minimum absolute atomic E-state index is 0.238. The summed E-state index contributed by atoms with van der Waals surface area (Å²) in [7, 11) is 0. The summed E-state index contributed by atoms with van der Waals surface area (Å²) >= 11 is 0. The number of carbonyl (C=O) groups is 1. The first-order valence-corrected chi connectivity index (χ1v) is 4.67. The standard InChI is InChI=1S/C11H11FO2/c12-10-4-3-7-5-9(11(13)14)2-1-8(7)6-10/h3-4,6,9H,1-2,5H2,(H,13,14). The molecule has 1 unspecified atom stereocenters. The molecule has 1 aliphatic carbocycles. The molecule has 2 nitrogen and oxygen atoms in total. The lowest BCUT2D eigenvalue weighted by Gasteiger charge is -2.21. The molecule has 3 heteroatoms. The molecular formula is C11H11FO2. The van der Waals surface area contributed by atoms with Crippen molar-refractivity contribution in [1.82, 2.24) is 0 Å². The van der Waals surface area contributed by atoms with Crippen LogP contribution in [-0.2, 0) is 17.6 Å². The second-order valence-corrected chi connectivity index (χ2v) is 3.69. The summed E-state index contributed by atoms with van der Waals surface area (Å²) in [6.07, 6.45) is 1.82. The fraction of sp³-hybridized carbons (Fsp3) is 0.364. The molecule has 0 fully saturated rings. The van der Waals surface area contributed by atoms with Crippen molar-refractivity contribution in [2.24, 2.45) is 5.92 Å². The minimum Gasteiger partial charge on any atom is -0.481 e. The van der Waals surface area contributed by atoms with Crippen LogP contribution in [0.2, 0.25) is 0 Å². The smallest absolute Gasteiger partial charge is 0.306 e. The summed E-state index contributed by atoms with van der Waals surface area (Å²) in [5, 5.41) is 8.84. The number of fused-ring (bicyclic) bond motifs is 1. The zero-order chi connectivity index (χ0) is 10.1. The Morgan fingerprint density at radius 3 is 2.93 bits per heavy atom. The Hall–Kier alpha value is -1.38. The van der Waals surface area contributed by atoms with Gasteiger partial charge in [0, 0.05) is 0 Å². The lowest BCUT2D eigenvalue weighted by molar-refractivity contribution is -0.142. The first-order chi connectivity index (χ1) is 6.66. The van der Waals surface area contributed by atoms with E-state index in [-0.39, 0.29) is 11.7 Å². The molecule has 0 spiro atoms. The Labute approximate surface area is 81.4 Å². The molecule has 1 aromatic rings. The Kier molecular flexibility index (Phi) is 2.23. The van der Waals surface area contributed by atoms with Gasteiger partial charge in [0.1, 0.15) is 5.82 Å². The lowest BCUT2D eigenvalue weighted by atomic mass is 9.84. The number of benzene rings is 1. The number of halogens is 1. The van der Waals surface area contributed by atoms with Gasteiger partial charge in [-0.25, -0.2) is 4.39 Å². The van der Waals surface area contributed by atoms with E-state index in [1.54, 1.807) is 6.07 Å². The summed E-state index contributed by atoms with van der Waals surface area (Å²) in [4.78, 5) is 10.8. The number of aryl methyl sites for hydroxylation is 1. The highest BCUT2D eigenvalue weighted by Crippen LogP contribution is 2.26. The third kappa shape index (κ3) is 1.62. The van der Waals surface area contributed by atoms with E-state index < -0.39 is 5.97 Å². The van der Waals surface area contributed by atoms with Crippen molar-refractivity contribution in [3.05, 3.63) is 35.1 Å². The maximum atomic E-state index is 12.8. The van der Waals surface area contributed by atoms with E-state index in [0.29, 0.717) is 19.3 Å². The van der Waals surface area contributed by atoms with Gasteiger partial charge in [0.05, 0.1) is 5.92 Å². The summed E-state index contributed by atoms with van der Waals surface area (Å²) in [6, 6.07) is 4.59. The van der Waals surface area contributed by atoms with Crippen LogP contribution in [-0.4, -0.2) is 11.1 Å². The molecule has 0 heterocycles. The van der Waals surface area contributed by atoms with Crippen LogP contribution >= 0.6 is 0 Å². The molecule has 0 aliphatic heterocycles. The van der Waals surface area contributed by atoms with Gasteiger partial charge in [-0.15, -0.1) is 0 Å². The van der Waals surface area contributed by atoms with Gasteiger partial charge in [0.15, 0.2) is 0 Å². The quantitative estimate of drug-likeness (QED) is 0.742. The van der Waals surface area contributed by atoms with E-state index in [0.717, 1.165) is 11.1 Å². The van der Waals surface area contributed by atoms with E-state index in [2.05, 4.69) is 0 Å². The fourth-order valence-electron chi connectivity index (χ4n) is 1.93. The zero-order valence-corrected chi connectivity index (χ0v) is 7.66. The number of rotatable bonds is 1. The van der Waals surface area contributed by atoms with E-state index in [1.807, 2.05) is 0 Å². The topological polar surface area (TPSA) is 37.3 Å². The van der Waals surface area contributed by atoms with Gasteiger partial charge in [-0.1, -0.05) is 6.07 Å². The van der Waals surface area contributed by atoms with E-state index >= 15 is 0 Å². The predicted octanol–water partition coefficient (Wildman–Crippen LogP) is 2.02. The molecule has 1 aliphatic rings. The highest BCUT2D eigenvalue weighted by atomic mass is 19.1. The van der Waals surface area contributed by atoms with Crippen molar-refractivity contribution < 1.29 is 14.3 Å². The van der Waals surface area contributed by atoms with E-state index in [9.17, 15) is 9.18 Å². The predicted molar refractivity (Wildman–Crippen MR) is 49.6 cm³/mol. The Morgan fingerprint density at radius 1 is 1.43 bits per heavy atom. The molecule has 0 aromatic heterocycles. The first-order valence-electron chi connectivity index (χ1n) is 4.67. The maximum absolute atomic E-state index is 12.8. The normalized spacial score (nSPS) is 20.2. The van der Waals surface area contributed by atoms with Gasteiger partial charge in [-0.05, 0) is 42.5 Å². The fourth-order valence-corrected chi connectivity index (χ4v) is 1.93. The van der Waals surface area contributed by atoms with Crippen molar-refractivity contribution in [2.45, 2.75) is 19.3 Å². The zero-order valence-electron chi connectivity index (χ0n) is 7.66. The highest BCUT2D eigenvalue weighted by molar-refractivity contribution is 5.71. The van der Waals surface area contributed by atoms with Crippen molar-refractivity contribution >= 4 is 5.97 Å². The van der Waals surface area contributed by atoms with Crippen LogP contribution in [0.25, 0.3) is 0 Å². The van der Waals surface area contributed by atoms with Crippen molar-refractivity contribution in [1.29, 1.82) is 0 Å². The summed E-state index contributed by atoms with van der Waals surface area (Å²) < 4.78 is 12.8. The molecule has 0 radical (unpaired) electrons. The SMILES string of the molecule is O=C(O)C1CCc2cc(F)ccc2C1. The molecule has 74 valence electrons. The number of carboxylic acids is 1. The first kappa shape index (κ1) is 9.19. The van der Waals surface area contributed by atoms with Crippen LogP contribution in [0.3, 0.4) is 0 Å². The number of carboxylic acid groups (broad SMARTS) is 1. The van der Waals surface area contributed by atoms with Gasteiger partial charge in [-0.3, -0.25) is 4.79 Å². The van der Waals surface area contributed by atoms with Crippen molar-refractivity contribution in [3.8, 4) is 0 Å². The summed E-state index contributed by atoms with van der Waals surface area (Å²) in [5.74, 6) is -1.29. The molecule has 2 rings (SSSR count). The minimum atomic E-state index is -0.750. The van der Waals surface area contributed by atoms with Gasteiger partial charge in [-0.2, -0.15) is 0 Å². The van der Waals surface area contributed by atoms with Gasteiger partial charge in [0.25, 0.3) is 0 Å². The van der Waals surface area contributed by atoms with E-state index in [1.165, 1.54) is 12.1 Å². The molecular weight excluding hydrogens is 183 g/mol. The van der Waals surface area contributed by atoms with Gasteiger partial charge < -0.3 is 5.11 Å². The van der Waals surface area contributed by atoms with Gasteiger partial charge >= 0.3 is 5.97 Å². The molecule has 0 bridgehead atoms. The largest absolute Gasteiger partial charge is 0.481 e. The molecule has 0 amide bonds. The number of aliphatic carboxylic acids is 1. The highest BCUT2D eigenvalue weighted by Gasteiger charge is 2.24. The molecule has 0 saturated heterocycles. The van der Waals surface area contributed by atoms with Crippen molar-refractivity contribution in [3.63, 3.8) is 0 Å². The molecule has 1 aromatic carbocycles. The number of hydrogen-bond donors (Lipinski definition) is 1. The molecule has 0 saturated carbocycles. The molecule has 14 heavy (non-hydrogen) atoms. The maximum Gasteiger partial charge on any atom is 0.306 e. The monoisotopic (exact) mass is 194 g/mol. The van der Waals surface area contributed by atoms with Crippen LogP contribution in [0.5, 0.6) is 0 Å². The summed E-state index contributed by atoms with van der Waals surface area (Å²) in [5.41, 5.74) is 1.94. The van der Waals surface area contributed by atoms with Crippen LogP contribution in [0.15, 0.2) is 18.2 Å². The average molecular weight is 194 g/mol. The molecule has 1 N–H and O–H groups in total. The molecule has 1 atom stereocenters. The second kappa shape index (κ2) is 3.40. The third-order valence-electron chi connectivity index (χ3n) is 2.75. The lowest BCUT2D eigenvalue weighted by Crippen LogP contribution is -2.22. The summed E-state index contributed by atoms with van der Waals surface area (Å²) in [6.45, 7) is 0. The average Bonchev–Trinajstić information content (AvgIpc) is 2.16. The number of hydrogen-bond acceptors (Lipinski definition) is 1.